The Hall–Kier alpha value is -3.36. The summed E-state index contributed by atoms with van der Waals surface area (Å²) in [4.78, 5) is 16.0. The van der Waals surface area contributed by atoms with Crippen LogP contribution in [0.3, 0.4) is 0 Å². The van der Waals surface area contributed by atoms with Crippen molar-refractivity contribution in [1.29, 1.82) is 0 Å². The molecule has 0 spiro atoms. The summed E-state index contributed by atoms with van der Waals surface area (Å²) in [5, 5.41) is 7.12. The Balaban J connectivity index is 1.38. The van der Waals surface area contributed by atoms with E-state index in [0.29, 0.717) is 25.1 Å². The maximum atomic E-state index is 13.8. The van der Waals surface area contributed by atoms with Crippen molar-refractivity contribution in [3.05, 3.63) is 88.5 Å². The van der Waals surface area contributed by atoms with E-state index < -0.39 is 16.1 Å². The molecule has 7 nitrogen and oxygen atoms in total. The van der Waals surface area contributed by atoms with E-state index in [1.54, 1.807) is 12.1 Å². The van der Waals surface area contributed by atoms with Crippen molar-refractivity contribution in [3.63, 3.8) is 0 Å². The lowest BCUT2D eigenvalue weighted by Crippen LogP contribution is -2.43. The van der Waals surface area contributed by atoms with E-state index in [2.05, 4.69) is 61.2 Å². The first-order valence-corrected chi connectivity index (χ1v) is 16.1. The number of hydrogen-bond acceptors (Lipinski definition) is 5. The lowest BCUT2D eigenvalue weighted by atomic mass is 9.85. The van der Waals surface area contributed by atoms with Gasteiger partial charge in [-0.3, -0.25) is 4.79 Å². The third kappa shape index (κ3) is 6.28. The zero-order valence-corrected chi connectivity index (χ0v) is 25.6. The number of rotatable bonds is 8. The summed E-state index contributed by atoms with van der Waals surface area (Å²) >= 11 is 0. The molecule has 0 aliphatic carbocycles. The van der Waals surface area contributed by atoms with Crippen LogP contribution in [0.2, 0.25) is 0 Å². The molecule has 2 aliphatic rings. The van der Waals surface area contributed by atoms with Crippen LogP contribution >= 0.6 is 0 Å². The van der Waals surface area contributed by atoms with E-state index >= 15 is 0 Å². The Labute approximate surface area is 244 Å². The van der Waals surface area contributed by atoms with E-state index in [0.717, 1.165) is 41.8 Å². The van der Waals surface area contributed by atoms with Crippen molar-refractivity contribution in [2.75, 3.05) is 23.7 Å². The number of nitrogens with zero attached hydrogens (tertiary/aromatic N) is 1. The highest BCUT2D eigenvalue weighted by Gasteiger charge is 2.36. The molecule has 1 amide bonds. The van der Waals surface area contributed by atoms with Gasteiger partial charge in [0.1, 0.15) is 0 Å². The average molecular weight is 575 g/mol. The molecule has 0 unspecified atom stereocenters. The Morgan fingerprint density at radius 1 is 1.05 bits per heavy atom. The third-order valence-corrected chi connectivity index (χ3v) is 9.92. The predicted molar refractivity (Wildman–Crippen MR) is 166 cm³/mol. The fourth-order valence-corrected chi connectivity index (χ4v) is 7.41. The van der Waals surface area contributed by atoms with Gasteiger partial charge in [-0.25, -0.2) is 13.1 Å². The summed E-state index contributed by atoms with van der Waals surface area (Å²) in [6.45, 7) is 11.8. The number of hydrogen-bond donors (Lipinski definition) is 3. The number of fused-ring (bicyclic) bond motifs is 1. The van der Waals surface area contributed by atoms with Gasteiger partial charge in [0.05, 0.1) is 10.9 Å². The summed E-state index contributed by atoms with van der Waals surface area (Å²) in [5.41, 5.74) is 6.52. The molecule has 5 rings (SSSR count). The maximum absolute atomic E-state index is 13.8. The number of amides is 1. The molecule has 41 heavy (non-hydrogen) atoms. The second-order valence-electron chi connectivity index (χ2n) is 12.1. The van der Waals surface area contributed by atoms with Crippen molar-refractivity contribution in [1.82, 2.24) is 9.62 Å². The van der Waals surface area contributed by atoms with E-state index in [1.165, 1.54) is 11.1 Å². The number of nitrogens with one attached hydrogen (secondary N) is 3. The molecule has 3 aromatic carbocycles. The average Bonchev–Trinajstić information content (AvgIpc) is 3.40. The number of benzene rings is 3. The van der Waals surface area contributed by atoms with Gasteiger partial charge in [0.25, 0.3) is 5.91 Å². The Morgan fingerprint density at radius 2 is 1.76 bits per heavy atom. The molecule has 0 radical (unpaired) electrons. The third-order valence-electron chi connectivity index (χ3n) is 8.43. The number of carbonyl (C=O) groups excluding carboxylic acids is 1. The molecule has 0 saturated carbocycles. The molecule has 3 aromatic rings. The number of aryl methyl sites for hydroxylation is 3. The minimum atomic E-state index is -3.76. The van der Waals surface area contributed by atoms with Crippen LogP contribution < -0.4 is 15.4 Å². The van der Waals surface area contributed by atoms with Crippen LogP contribution in [-0.4, -0.2) is 43.9 Å². The highest BCUT2D eigenvalue weighted by atomic mass is 32.2. The molecule has 0 bridgehead atoms. The van der Waals surface area contributed by atoms with Gasteiger partial charge in [0.15, 0.2) is 0 Å². The highest BCUT2D eigenvalue weighted by Crippen LogP contribution is 2.39. The van der Waals surface area contributed by atoms with E-state index in [9.17, 15) is 13.2 Å². The lowest BCUT2D eigenvalue weighted by molar-refractivity contribution is 0.0743. The van der Waals surface area contributed by atoms with Gasteiger partial charge >= 0.3 is 0 Å². The van der Waals surface area contributed by atoms with Gasteiger partial charge in [0.2, 0.25) is 10.0 Å². The van der Waals surface area contributed by atoms with Crippen LogP contribution in [0.5, 0.6) is 0 Å². The summed E-state index contributed by atoms with van der Waals surface area (Å²) in [5.74, 6) is -0.0137. The van der Waals surface area contributed by atoms with Crippen LogP contribution in [0.15, 0.2) is 65.6 Å². The molecule has 2 aliphatic heterocycles. The van der Waals surface area contributed by atoms with E-state index in [-0.39, 0.29) is 22.4 Å². The molecular weight excluding hydrogens is 532 g/mol. The Kier molecular flexibility index (Phi) is 8.17. The van der Waals surface area contributed by atoms with Crippen LogP contribution in [0, 0.1) is 13.8 Å². The monoisotopic (exact) mass is 574 g/mol. The largest absolute Gasteiger partial charge is 0.383 e. The number of para-hydroxylation sites is 1. The quantitative estimate of drug-likeness (QED) is 0.298. The fraction of sp³-hybridized carbons (Fsp3) is 0.424. The minimum absolute atomic E-state index is 0.0137. The smallest absolute Gasteiger partial charge is 0.254 e. The topological polar surface area (TPSA) is 90.5 Å². The summed E-state index contributed by atoms with van der Waals surface area (Å²) in [6.07, 6.45) is 3.31. The fourth-order valence-electron chi connectivity index (χ4n) is 6.19. The lowest BCUT2D eigenvalue weighted by Gasteiger charge is -2.39. The zero-order chi connectivity index (χ0) is 29.4. The summed E-state index contributed by atoms with van der Waals surface area (Å²) < 4.78 is 29.8. The van der Waals surface area contributed by atoms with Gasteiger partial charge in [-0.1, -0.05) is 37.3 Å². The normalized spacial score (nSPS) is 19.9. The molecule has 1 fully saturated rings. The van der Waals surface area contributed by atoms with Crippen molar-refractivity contribution in [2.24, 2.45) is 0 Å². The van der Waals surface area contributed by atoms with Gasteiger partial charge < -0.3 is 15.5 Å². The maximum Gasteiger partial charge on any atom is 0.254 e. The predicted octanol–water partition coefficient (Wildman–Crippen LogP) is 6.20. The number of sulfonamides is 1. The number of anilines is 2. The number of carbonyl (C=O) groups is 1. The highest BCUT2D eigenvalue weighted by molar-refractivity contribution is 7.89. The summed E-state index contributed by atoms with van der Waals surface area (Å²) in [6, 6.07) is 18.6. The van der Waals surface area contributed by atoms with Crippen LogP contribution in [-0.2, 0) is 16.4 Å². The van der Waals surface area contributed by atoms with Gasteiger partial charge in [-0.2, -0.15) is 0 Å². The first-order valence-electron chi connectivity index (χ1n) is 14.6. The van der Waals surface area contributed by atoms with E-state index in [1.807, 2.05) is 42.2 Å². The van der Waals surface area contributed by atoms with Crippen LogP contribution in [0.1, 0.15) is 78.7 Å². The molecule has 2 atom stereocenters. The van der Waals surface area contributed by atoms with Gasteiger partial charge in [0, 0.05) is 41.6 Å². The van der Waals surface area contributed by atoms with Gasteiger partial charge in [-0.15, -0.1) is 0 Å². The van der Waals surface area contributed by atoms with Crippen molar-refractivity contribution >= 4 is 27.3 Å². The molecule has 8 heteroatoms. The standard InChI is InChI=1S/C33H42N4O3S/c1-6-24-12-15-27(16-13-24)41(39,40)36-30-20-33(4,5)35-29-17-14-25(19-28(29)30)32(38)37-18-8-11-26(37)21-34-31-22(2)9-7-10-23(31)3/h7,9-10,12-17,19,26,30,34-36H,6,8,11,18,20-21H2,1-5H3/t26-,30-/m0/s1. The zero-order valence-electron chi connectivity index (χ0n) is 24.8. The van der Waals surface area contributed by atoms with Crippen LogP contribution in [0.25, 0.3) is 0 Å². The first kappa shape index (κ1) is 29.1. The van der Waals surface area contributed by atoms with E-state index in [4.69, 9.17) is 0 Å². The van der Waals surface area contributed by atoms with Crippen molar-refractivity contribution in [2.45, 2.75) is 82.8 Å². The second kappa shape index (κ2) is 11.5. The van der Waals surface area contributed by atoms with Crippen molar-refractivity contribution < 1.29 is 13.2 Å². The second-order valence-corrected chi connectivity index (χ2v) is 13.8. The molecule has 218 valence electrons. The first-order chi connectivity index (χ1) is 19.5. The molecular formula is C33H42N4O3S. The van der Waals surface area contributed by atoms with Gasteiger partial charge in [-0.05, 0) is 106 Å². The Bertz CT molecular complexity index is 1510. The van der Waals surface area contributed by atoms with Crippen LogP contribution in [0.4, 0.5) is 11.4 Å². The molecule has 3 N–H and O–H groups in total. The SMILES string of the molecule is CCc1ccc(S(=O)(=O)N[C@H]2CC(C)(C)Nc3ccc(C(=O)N4CCC[C@H]4CNc4c(C)cccc4C)cc32)cc1. The van der Waals surface area contributed by atoms with Crippen molar-refractivity contribution in [3.8, 4) is 0 Å². The molecule has 2 heterocycles. The molecule has 0 aromatic heterocycles. The summed E-state index contributed by atoms with van der Waals surface area (Å²) in [7, 11) is -3.76. The number of likely N-dealkylation sites (tertiary alicyclic amines) is 1. The minimum Gasteiger partial charge on any atom is -0.383 e. The Morgan fingerprint density at radius 3 is 2.44 bits per heavy atom. The molecule has 1 saturated heterocycles.